The third-order valence-electron chi connectivity index (χ3n) is 2.46. The maximum absolute atomic E-state index is 12.9. The van der Waals surface area contributed by atoms with Crippen LogP contribution in [-0.2, 0) is 0 Å². The molecular formula is C14H15FN2S. The van der Waals surface area contributed by atoms with Gasteiger partial charge in [0.15, 0.2) is 0 Å². The van der Waals surface area contributed by atoms with Crippen molar-refractivity contribution in [1.82, 2.24) is 0 Å². The molecule has 0 saturated heterocycles. The van der Waals surface area contributed by atoms with Crippen molar-refractivity contribution in [3.63, 3.8) is 0 Å². The predicted molar refractivity (Wildman–Crippen MR) is 76.9 cm³/mol. The molecule has 0 aliphatic carbocycles. The summed E-state index contributed by atoms with van der Waals surface area (Å²) < 4.78 is 12.9. The van der Waals surface area contributed by atoms with Gasteiger partial charge in [0.25, 0.3) is 0 Å². The minimum Gasteiger partial charge on any atom is -0.397 e. The predicted octanol–water partition coefficient (Wildman–Crippen LogP) is 4.26. The standard InChI is InChI=1S/C14H15FN2S/c1-2-18-12-6-4-11(5-7-12)17-14-8-3-10(15)9-13(14)16/h3-9,17H,2,16H2,1H3. The molecule has 2 nitrogen and oxygen atoms in total. The topological polar surface area (TPSA) is 38.0 Å². The van der Waals surface area contributed by atoms with Crippen molar-refractivity contribution in [2.75, 3.05) is 16.8 Å². The van der Waals surface area contributed by atoms with Crippen LogP contribution in [0.5, 0.6) is 0 Å². The van der Waals surface area contributed by atoms with Crippen LogP contribution < -0.4 is 11.1 Å². The van der Waals surface area contributed by atoms with E-state index in [0.717, 1.165) is 11.4 Å². The molecule has 0 saturated carbocycles. The third kappa shape index (κ3) is 3.17. The van der Waals surface area contributed by atoms with Crippen molar-refractivity contribution in [2.45, 2.75) is 11.8 Å². The first-order valence-corrected chi connectivity index (χ1v) is 6.72. The maximum atomic E-state index is 12.9. The van der Waals surface area contributed by atoms with Crippen LogP contribution in [0.15, 0.2) is 47.4 Å². The Hall–Kier alpha value is -1.68. The van der Waals surface area contributed by atoms with E-state index in [1.807, 2.05) is 12.1 Å². The molecule has 0 unspecified atom stereocenters. The van der Waals surface area contributed by atoms with Gasteiger partial charge in [-0.05, 0) is 48.2 Å². The van der Waals surface area contributed by atoms with Crippen LogP contribution in [0.25, 0.3) is 0 Å². The molecule has 0 aliphatic heterocycles. The van der Waals surface area contributed by atoms with Gasteiger partial charge in [0.05, 0.1) is 11.4 Å². The molecule has 0 atom stereocenters. The van der Waals surface area contributed by atoms with Crippen molar-refractivity contribution in [2.24, 2.45) is 0 Å². The van der Waals surface area contributed by atoms with Gasteiger partial charge in [-0.15, -0.1) is 11.8 Å². The Labute approximate surface area is 110 Å². The van der Waals surface area contributed by atoms with Gasteiger partial charge in [-0.25, -0.2) is 4.39 Å². The molecule has 0 fully saturated rings. The first-order chi connectivity index (χ1) is 8.69. The minimum atomic E-state index is -0.326. The molecule has 0 radical (unpaired) electrons. The van der Waals surface area contributed by atoms with Crippen LogP contribution in [0.3, 0.4) is 0 Å². The number of nitrogens with two attached hydrogens (primary N) is 1. The van der Waals surface area contributed by atoms with E-state index in [-0.39, 0.29) is 5.82 Å². The summed E-state index contributed by atoms with van der Waals surface area (Å²) in [6.45, 7) is 2.12. The van der Waals surface area contributed by atoms with Crippen LogP contribution in [0.2, 0.25) is 0 Å². The zero-order chi connectivity index (χ0) is 13.0. The Morgan fingerprint density at radius 1 is 1.17 bits per heavy atom. The highest BCUT2D eigenvalue weighted by Crippen LogP contribution is 2.25. The number of halogens is 1. The Morgan fingerprint density at radius 3 is 2.50 bits per heavy atom. The first-order valence-electron chi connectivity index (χ1n) is 5.74. The number of benzene rings is 2. The van der Waals surface area contributed by atoms with Crippen molar-refractivity contribution in [3.05, 3.63) is 48.3 Å². The molecule has 94 valence electrons. The molecule has 2 aromatic rings. The van der Waals surface area contributed by atoms with Gasteiger partial charge in [-0.3, -0.25) is 0 Å². The van der Waals surface area contributed by atoms with E-state index >= 15 is 0 Å². The summed E-state index contributed by atoms with van der Waals surface area (Å²) in [6.07, 6.45) is 0. The second-order valence-corrected chi connectivity index (χ2v) is 5.15. The summed E-state index contributed by atoms with van der Waals surface area (Å²) >= 11 is 1.79. The molecule has 0 amide bonds. The highest BCUT2D eigenvalue weighted by molar-refractivity contribution is 7.99. The largest absolute Gasteiger partial charge is 0.397 e. The number of hydrogen-bond acceptors (Lipinski definition) is 3. The number of nitrogen functional groups attached to an aromatic ring is 1. The number of rotatable bonds is 4. The average Bonchev–Trinajstić information content (AvgIpc) is 2.35. The molecule has 0 aliphatic rings. The summed E-state index contributed by atoms with van der Waals surface area (Å²) in [7, 11) is 0. The van der Waals surface area contributed by atoms with Crippen LogP contribution in [-0.4, -0.2) is 5.75 Å². The average molecular weight is 262 g/mol. The monoisotopic (exact) mass is 262 g/mol. The van der Waals surface area contributed by atoms with Gasteiger partial charge < -0.3 is 11.1 Å². The van der Waals surface area contributed by atoms with Gasteiger partial charge in [0, 0.05) is 10.6 Å². The third-order valence-corrected chi connectivity index (χ3v) is 3.35. The van der Waals surface area contributed by atoms with Crippen LogP contribution in [0.4, 0.5) is 21.5 Å². The van der Waals surface area contributed by atoms with E-state index in [4.69, 9.17) is 5.73 Å². The molecule has 0 bridgehead atoms. The lowest BCUT2D eigenvalue weighted by Gasteiger charge is -2.09. The van der Waals surface area contributed by atoms with Crippen LogP contribution >= 0.6 is 11.8 Å². The van der Waals surface area contributed by atoms with Crippen LogP contribution in [0.1, 0.15) is 6.92 Å². The lowest BCUT2D eigenvalue weighted by Crippen LogP contribution is -1.96. The molecule has 2 rings (SSSR count). The van der Waals surface area contributed by atoms with Crippen LogP contribution in [0, 0.1) is 5.82 Å². The zero-order valence-electron chi connectivity index (χ0n) is 10.1. The highest BCUT2D eigenvalue weighted by atomic mass is 32.2. The fourth-order valence-corrected chi connectivity index (χ4v) is 2.27. The van der Waals surface area contributed by atoms with Gasteiger partial charge in [0.1, 0.15) is 5.82 Å². The smallest absolute Gasteiger partial charge is 0.125 e. The molecule has 18 heavy (non-hydrogen) atoms. The Balaban J connectivity index is 2.13. The van der Waals surface area contributed by atoms with E-state index in [9.17, 15) is 4.39 Å². The number of anilines is 3. The fourth-order valence-electron chi connectivity index (χ4n) is 1.60. The lowest BCUT2D eigenvalue weighted by atomic mass is 10.2. The van der Waals surface area contributed by atoms with E-state index < -0.39 is 0 Å². The SMILES string of the molecule is CCSc1ccc(Nc2ccc(F)cc2N)cc1. The summed E-state index contributed by atoms with van der Waals surface area (Å²) in [5.74, 6) is 0.727. The summed E-state index contributed by atoms with van der Waals surface area (Å²) in [5.41, 5.74) is 7.80. The normalized spacial score (nSPS) is 10.3. The zero-order valence-corrected chi connectivity index (χ0v) is 10.9. The summed E-state index contributed by atoms with van der Waals surface area (Å²) in [6, 6.07) is 12.4. The van der Waals surface area contributed by atoms with E-state index in [1.54, 1.807) is 17.8 Å². The Kier molecular flexibility index (Phi) is 4.10. The number of nitrogens with one attached hydrogen (secondary N) is 1. The fraction of sp³-hybridized carbons (Fsp3) is 0.143. The van der Waals surface area contributed by atoms with E-state index in [0.29, 0.717) is 11.4 Å². The van der Waals surface area contributed by atoms with Gasteiger partial charge in [0.2, 0.25) is 0 Å². The minimum absolute atomic E-state index is 0.326. The van der Waals surface area contributed by atoms with E-state index in [2.05, 4.69) is 24.4 Å². The lowest BCUT2D eigenvalue weighted by molar-refractivity contribution is 0.628. The van der Waals surface area contributed by atoms with E-state index in [1.165, 1.54) is 17.0 Å². The van der Waals surface area contributed by atoms with Crippen molar-refractivity contribution >= 4 is 28.8 Å². The molecule has 0 aromatic heterocycles. The molecule has 0 spiro atoms. The quantitative estimate of drug-likeness (QED) is 0.638. The second kappa shape index (κ2) is 5.78. The van der Waals surface area contributed by atoms with Gasteiger partial charge in [-0.1, -0.05) is 6.92 Å². The second-order valence-electron chi connectivity index (χ2n) is 3.81. The molecule has 2 aromatic carbocycles. The van der Waals surface area contributed by atoms with Crippen molar-refractivity contribution < 1.29 is 4.39 Å². The Morgan fingerprint density at radius 2 is 1.89 bits per heavy atom. The number of hydrogen-bond donors (Lipinski definition) is 2. The molecular weight excluding hydrogens is 247 g/mol. The highest BCUT2D eigenvalue weighted by Gasteiger charge is 2.01. The first kappa shape index (κ1) is 12.8. The maximum Gasteiger partial charge on any atom is 0.125 e. The molecule has 3 N–H and O–H groups in total. The van der Waals surface area contributed by atoms with Gasteiger partial charge in [-0.2, -0.15) is 0 Å². The molecule has 0 heterocycles. The Bertz CT molecular complexity index is 526. The summed E-state index contributed by atoms with van der Waals surface area (Å²) in [4.78, 5) is 1.23. The summed E-state index contributed by atoms with van der Waals surface area (Å²) in [5, 5.41) is 3.17. The van der Waals surface area contributed by atoms with Crippen molar-refractivity contribution in [3.8, 4) is 0 Å². The number of thioether (sulfide) groups is 1. The molecule has 4 heteroatoms. The van der Waals surface area contributed by atoms with Gasteiger partial charge >= 0.3 is 0 Å². The van der Waals surface area contributed by atoms with Crippen molar-refractivity contribution in [1.29, 1.82) is 0 Å².